The molecule has 0 amide bonds. The predicted octanol–water partition coefficient (Wildman–Crippen LogP) is 2.01. The van der Waals surface area contributed by atoms with Crippen molar-refractivity contribution in [2.24, 2.45) is 0 Å². The van der Waals surface area contributed by atoms with Crippen molar-refractivity contribution in [1.82, 2.24) is 10.6 Å². The van der Waals surface area contributed by atoms with E-state index in [0.29, 0.717) is 18.8 Å². The Kier molecular flexibility index (Phi) is 4.38. The van der Waals surface area contributed by atoms with Crippen molar-refractivity contribution in [3.8, 4) is 0 Å². The maximum Gasteiger partial charge on any atom is 0.127 e. The first-order valence-electron chi connectivity index (χ1n) is 5.28. The van der Waals surface area contributed by atoms with E-state index in [0.717, 1.165) is 6.07 Å². The summed E-state index contributed by atoms with van der Waals surface area (Å²) in [5.74, 6) is -0.768. The third-order valence-electron chi connectivity index (χ3n) is 2.53. The summed E-state index contributed by atoms with van der Waals surface area (Å²) in [4.78, 5) is 0. The van der Waals surface area contributed by atoms with Crippen molar-refractivity contribution >= 4 is 0 Å². The number of halogens is 2. The summed E-state index contributed by atoms with van der Waals surface area (Å²) < 4.78 is 26.6. The predicted molar refractivity (Wildman–Crippen MR) is 61.3 cm³/mol. The van der Waals surface area contributed by atoms with Crippen LogP contribution in [0.25, 0.3) is 0 Å². The molecule has 4 heteroatoms. The lowest BCUT2D eigenvalue weighted by molar-refractivity contribution is 0.435. The Bertz CT molecular complexity index is 351. The highest BCUT2D eigenvalue weighted by atomic mass is 19.1. The van der Waals surface area contributed by atoms with Crippen molar-refractivity contribution in [3.05, 3.63) is 35.4 Å². The molecule has 90 valence electrons. The van der Waals surface area contributed by atoms with Crippen LogP contribution in [0, 0.1) is 11.6 Å². The van der Waals surface area contributed by atoms with E-state index >= 15 is 0 Å². The minimum atomic E-state index is -0.441. The van der Waals surface area contributed by atoms with Gasteiger partial charge in [0.15, 0.2) is 0 Å². The SMILES string of the molecule is CNCNCC(C)(C)c1cc(F)ccc1F. The second kappa shape index (κ2) is 5.37. The number of hydrogen-bond donors (Lipinski definition) is 2. The summed E-state index contributed by atoms with van der Waals surface area (Å²) >= 11 is 0. The molecule has 0 aliphatic heterocycles. The van der Waals surface area contributed by atoms with E-state index in [4.69, 9.17) is 0 Å². The summed E-state index contributed by atoms with van der Waals surface area (Å²) in [6.07, 6.45) is 0. The molecular weight excluding hydrogens is 210 g/mol. The molecule has 0 saturated carbocycles. The molecule has 1 aromatic rings. The van der Waals surface area contributed by atoms with Gasteiger partial charge in [0.25, 0.3) is 0 Å². The third-order valence-corrected chi connectivity index (χ3v) is 2.53. The fourth-order valence-corrected chi connectivity index (χ4v) is 1.61. The molecule has 0 saturated heterocycles. The number of rotatable bonds is 5. The first kappa shape index (κ1) is 13.1. The van der Waals surface area contributed by atoms with Crippen molar-refractivity contribution < 1.29 is 8.78 Å². The number of hydrogen-bond acceptors (Lipinski definition) is 2. The fourth-order valence-electron chi connectivity index (χ4n) is 1.61. The minimum absolute atomic E-state index is 0.363. The van der Waals surface area contributed by atoms with E-state index in [1.54, 1.807) is 0 Å². The zero-order valence-corrected chi connectivity index (χ0v) is 9.90. The van der Waals surface area contributed by atoms with Crippen LogP contribution in [0.15, 0.2) is 18.2 Å². The first-order valence-corrected chi connectivity index (χ1v) is 5.28. The molecule has 0 bridgehead atoms. The Labute approximate surface area is 95.1 Å². The van der Waals surface area contributed by atoms with Gasteiger partial charge in [-0.1, -0.05) is 13.8 Å². The van der Waals surface area contributed by atoms with Gasteiger partial charge in [0.05, 0.1) is 0 Å². The van der Waals surface area contributed by atoms with E-state index in [-0.39, 0.29) is 5.82 Å². The lowest BCUT2D eigenvalue weighted by Crippen LogP contribution is -2.37. The van der Waals surface area contributed by atoms with Crippen LogP contribution in [-0.2, 0) is 5.41 Å². The molecule has 0 fully saturated rings. The summed E-state index contributed by atoms with van der Waals surface area (Å²) in [6, 6.07) is 3.57. The van der Waals surface area contributed by atoms with E-state index in [1.165, 1.54) is 12.1 Å². The van der Waals surface area contributed by atoms with E-state index in [9.17, 15) is 8.78 Å². The monoisotopic (exact) mass is 228 g/mol. The minimum Gasteiger partial charge on any atom is -0.308 e. The third kappa shape index (κ3) is 3.25. The largest absolute Gasteiger partial charge is 0.308 e. The van der Waals surface area contributed by atoms with Gasteiger partial charge in [-0.2, -0.15) is 0 Å². The molecule has 0 atom stereocenters. The molecular formula is C12H18F2N2. The summed E-state index contributed by atoms with van der Waals surface area (Å²) in [6.45, 7) is 4.98. The quantitative estimate of drug-likeness (QED) is 0.595. The van der Waals surface area contributed by atoms with Crippen LogP contribution in [0.2, 0.25) is 0 Å². The average Bonchev–Trinajstić information content (AvgIpc) is 2.22. The molecule has 0 aromatic heterocycles. The van der Waals surface area contributed by atoms with Gasteiger partial charge in [-0.05, 0) is 30.8 Å². The highest BCUT2D eigenvalue weighted by molar-refractivity contribution is 5.26. The van der Waals surface area contributed by atoms with E-state index in [2.05, 4.69) is 10.6 Å². The first-order chi connectivity index (χ1) is 7.47. The molecule has 0 spiro atoms. The van der Waals surface area contributed by atoms with Gasteiger partial charge in [0.2, 0.25) is 0 Å². The second-order valence-electron chi connectivity index (χ2n) is 4.47. The normalized spacial score (nSPS) is 11.8. The highest BCUT2D eigenvalue weighted by Gasteiger charge is 2.24. The number of benzene rings is 1. The molecule has 0 heterocycles. The molecule has 2 nitrogen and oxygen atoms in total. The molecule has 0 radical (unpaired) electrons. The van der Waals surface area contributed by atoms with Crippen molar-refractivity contribution in [2.45, 2.75) is 19.3 Å². The van der Waals surface area contributed by atoms with Crippen LogP contribution in [0.3, 0.4) is 0 Å². The maximum atomic E-state index is 13.6. The van der Waals surface area contributed by atoms with Crippen LogP contribution in [0.4, 0.5) is 8.78 Å². The second-order valence-corrected chi connectivity index (χ2v) is 4.47. The van der Waals surface area contributed by atoms with Gasteiger partial charge in [-0.25, -0.2) is 8.78 Å². The zero-order chi connectivity index (χ0) is 12.2. The van der Waals surface area contributed by atoms with Gasteiger partial charge in [0.1, 0.15) is 11.6 Å². The fraction of sp³-hybridized carbons (Fsp3) is 0.500. The lowest BCUT2D eigenvalue weighted by atomic mass is 9.84. The van der Waals surface area contributed by atoms with Crippen molar-refractivity contribution in [3.63, 3.8) is 0 Å². The zero-order valence-electron chi connectivity index (χ0n) is 9.90. The Morgan fingerprint density at radius 2 is 1.94 bits per heavy atom. The topological polar surface area (TPSA) is 24.1 Å². The number of nitrogens with one attached hydrogen (secondary N) is 2. The highest BCUT2D eigenvalue weighted by Crippen LogP contribution is 2.25. The molecule has 0 aliphatic carbocycles. The van der Waals surface area contributed by atoms with E-state index in [1.807, 2.05) is 20.9 Å². The average molecular weight is 228 g/mol. The molecule has 1 aromatic carbocycles. The van der Waals surface area contributed by atoms with E-state index < -0.39 is 11.2 Å². The Hall–Kier alpha value is -1.00. The Balaban J connectivity index is 2.83. The van der Waals surface area contributed by atoms with Gasteiger partial charge < -0.3 is 10.6 Å². The Morgan fingerprint density at radius 3 is 2.56 bits per heavy atom. The molecule has 0 unspecified atom stereocenters. The molecule has 16 heavy (non-hydrogen) atoms. The maximum absolute atomic E-state index is 13.6. The van der Waals surface area contributed by atoms with Gasteiger partial charge in [0, 0.05) is 18.6 Å². The Morgan fingerprint density at radius 1 is 1.25 bits per heavy atom. The van der Waals surface area contributed by atoms with Gasteiger partial charge >= 0.3 is 0 Å². The summed E-state index contributed by atoms with van der Waals surface area (Å²) in [7, 11) is 1.82. The standard InChI is InChI=1S/C12H18F2N2/c1-12(2,7-16-8-15-3)10-6-9(13)4-5-11(10)14/h4-6,15-16H,7-8H2,1-3H3. The lowest BCUT2D eigenvalue weighted by Gasteiger charge is -2.26. The smallest absolute Gasteiger partial charge is 0.127 e. The van der Waals surface area contributed by atoms with Crippen LogP contribution >= 0.6 is 0 Å². The van der Waals surface area contributed by atoms with Crippen LogP contribution in [-0.4, -0.2) is 20.3 Å². The summed E-state index contributed by atoms with van der Waals surface area (Å²) in [5, 5.41) is 6.06. The molecule has 0 aliphatic rings. The van der Waals surface area contributed by atoms with Crippen LogP contribution < -0.4 is 10.6 Å². The summed E-state index contributed by atoms with van der Waals surface area (Å²) in [5.41, 5.74) is -0.0423. The van der Waals surface area contributed by atoms with Crippen molar-refractivity contribution in [1.29, 1.82) is 0 Å². The van der Waals surface area contributed by atoms with Gasteiger partial charge in [-0.15, -0.1) is 0 Å². The van der Waals surface area contributed by atoms with Crippen LogP contribution in [0.1, 0.15) is 19.4 Å². The molecule has 1 rings (SSSR count). The van der Waals surface area contributed by atoms with Crippen LogP contribution in [0.5, 0.6) is 0 Å². The molecule has 2 N–H and O–H groups in total. The van der Waals surface area contributed by atoms with Crippen molar-refractivity contribution in [2.75, 3.05) is 20.3 Å². The van der Waals surface area contributed by atoms with Gasteiger partial charge in [-0.3, -0.25) is 0 Å².